The van der Waals surface area contributed by atoms with Crippen LogP contribution in [0.1, 0.15) is 92.9 Å². The van der Waals surface area contributed by atoms with Crippen LogP contribution in [0.4, 0.5) is 0 Å². The summed E-state index contributed by atoms with van der Waals surface area (Å²) in [7, 11) is 0. The molecule has 1 fully saturated rings. The molecule has 0 aromatic heterocycles. The second-order valence-corrected chi connectivity index (χ2v) is 11.8. The first-order valence-corrected chi connectivity index (χ1v) is 12.5. The van der Waals surface area contributed by atoms with Gasteiger partial charge in [-0.15, -0.1) is 0 Å². The fraction of sp³-hybridized carbons (Fsp3) is 0.786. The van der Waals surface area contributed by atoms with Crippen LogP contribution < -0.4 is 0 Å². The van der Waals surface area contributed by atoms with Crippen molar-refractivity contribution in [3.05, 3.63) is 34.9 Å². The molecular formula is C28H44O. The molecule has 0 aliphatic heterocycles. The molecule has 0 radical (unpaired) electrons. The minimum absolute atomic E-state index is 0.0555. The van der Waals surface area contributed by atoms with Crippen molar-refractivity contribution < 1.29 is 5.11 Å². The number of aliphatic hydroxyl groups excluding tert-OH is 1. The molecule has 1 N–H and O–H groups in total. The minimum Gasteiger partial charge on any atom is -0.393 e. The van der Waals surface area contributed by atoms with E-state index >= 15 is 0 Å². The van der Waals surface area contributed by atoms with Crippen LogP contribution in [0, 0.1) is 40.4 Å². The molecule has 1 nitrogen and oxygen atoms in total. The average Bonchev–Trinajstić information content (AvgIpc) is 3.03. The molecule has 0 bridgehead atoms. The molecule has 4 rings (SSSR count). The normalized spacial score (nSPS) is 41.8. The molecule has 0 spiro atoms. The van der Waals surface area contributed by atoms with E-state index in [-0.39, 0.29) is 6.10 Å². The summed E-state index contributed by atoms with van der Waals surface area (Å²) in [5, 5.41) is 10.2. The molecule has 1 saturated carbocycles. The Balaban J connectivity index is 1.58. The van der Waals surface area contributed by atoms with Crippen LogP contribution in [-0.4, -0.2) is 11.2 Å². The van der Waals surface area contributed by atoms with Crippen LogP contribution in [0.25, 0.3) is 0 Å². The van der Waals surface area contributed by atoms with E-state index in [2.05, 4.69) is 59.8 Å². The lowest BCUT2D eigenvalue weighted by Crippen LogP contribution is -2.44. The third-order valence-corrected chi connectivity index (χ3v) is 9.88. The Morgan fingerprint density at radius 1 is 1.00 bits per heavy atom. The quantitative estimate of drug-likeness (QED) is 0.488. The van der Waals surface area contributed by atoms with Gasteiger partial charge in [0.15, 0.2) is 0 Å². The van der Waals surface area contributed by atoms with E-state index in [9.17, 15) is 5.11 Å². The fourth-order valence-electron chi connectivity index (χ4n) is 7.37. The van der Waals surface area contributed by atoms with E-state index < -0.39 is 0 Å². The van der Waals surface area contributed by atoms with Crippen LogP contribution in [0.3, 0.4) is 0 Å². The first kappa shape index (κ1) is 21.4. The smallest absolute Gasteiger partial charge is 0.0543 e. The summed E-state index contributed by atoms with van der Waals surface area (Å²) in [6, 6.07) is 0. The number of fused-ring (bicyclic) bond motifs is 4. The van der Waals surface area contributed by atoms with E-state index in [0.717, 1.165) is 24.7 Å². The Bertz CT molecular complexity index is 725. The Kier molecular flexibility index (Phi) is 5.69. The summed E-state index contributed by atoms with van der Waals surface area (Å²) in [5.41, 5.74) is 5.99. The summed E-state index contributed by atoms with van der Waals surface area (Å²) >= 11 is 0. The summed E-state index contributed by atoms with van der Waals surface area (Å²) < 4.78 is 0. The van der Waals surface area contributed by atoms with E-state index in [1.165, 1.54) is 38.5 Å². The SMILES string of the molecule is CC(C)C(C)C=CC(C)C1CC=C2C3=C(CCC21C)C1(C)CCC(O)CC1CC3. The zero-order chi connectivity index (χ0) is 21.0. The van der Waals surface area contributed by atoms with Crippen LogP contribution in [-0.2, 0) is 0 Å². The first-order chi connectivity index (χ1) is 13.7. The monoisotopic (exact) mass is 396 g/mol. The number of hydrogen-bond acceptors (Lipinski definition) is 1. The largest absolute Gasteiger partial charge is 0.393 e. The minimum atomic E-state index is -0.0555. The third-order valence-electron chi connectivity index (χ3n) is 9.88. The summed E-state index contributed by atoms with van der Waals surface area (Å²) in [4.78, 5) is 0. The van der Waals surface area contributed by atoms with E-state index in [4.69, 9.17) is 0 Å². The van der Waals surface area contributed by atoms with Crippen molar-refractivity contribution in [3.8, 4) is 0 Å². The summed E-state index contributed by atoms with van der Waals surface area (Å²) in [6.07, 6.45) is 17.2. The predicted octanol–water partition coefficient (Wildman–Crippen LogP) is 7.47. The summed E-state index contributed by atoms with van der Waals surface area (Å²) in [6.45, 7) is 14.6. The lowest BCUT2D eigenvalue weighted by Gasteiger charge is -2.53. The topological polar surface area (TPSA) is 20.2 Å². The molecule has 162 valence electrons. The van der Waals surface area contributed by atoms with Gasteiger partial charge >= 0.3 is 0 Å². The van der Waals surface area contributed by atoms with Gasteiger partial charge < -0.3 is 5.11 Å². The lowest BCUT2D eigenvalue weighted by atomic mass is 9.51. The molecule has 0 heterocycles. The number of allylic oxidation sites excluding steroid dienone is 6. The Morgan fingerprint density at radius 3 is 2.48 bits per heavy atom. The van der Waals surface area contributed by atoms with Gasteiger partial charge in [-0.25, -0.2) is 0 Å². The number of rotatable bonds is 4. The molecule has 7 atom stereocenters. The average molecular weight is 397 g/mol. The van der Waals surface area contributed by atoms with Gasteiger partial charge in [0, 0.05) is 0 Å². The summed E-state index contributed by atoms with van der Waals surface area (Å²) in [5.74, 6) is 3.48. The van der Waals surface area contributed by atoms with Gasteiger partial charge in [0.2, 0.25) is 0 Å². The second kappa shape index (κ2) is 7.70. The van der Waals surface area contributed by atoms with Crippen LogP contribution >= 0.6 is 0 Å². The lowest BCUT2D eigenvalue weighted by molar-refractivity contribution is 0.0229. The molecule has 4 aliphatic carbocycles. The van der Waals surface area contributed by atoms with Crippen molar-refractivity contribution in [1.82, 2.24) is 0 Å². The Labute approximate surface area is 179 Å². The number of aliphatic hydroxyl groups is 1. The van der Waals surface area contributed by atoms with Crippen molar-refractivity contribution in [1.29, 1.82) is 0 Å². The fourth-order valence-corrected chi connectivity index (χ4v) is 7.37. The predicted molar refractivity (Wildman–Crippen MR) is 124 cm³/mol. The van der Waals surface area contributed by atoms with Crippen LogP contribution in [0.15, 0.2) is 34.9 Å². The van der Waals surface area contributed by atoms with Gasteiger partial charge in [-0.1, -0.05) is 65.3 Å². The molecule has 0 amide bonds. The molecule has 0 aromatic rings. The highest BCUT2D eigenvalue weighted by molar-refractivity contribution is 5.49. The highest BCUT2D eigenvalue weighted by atomic mass is 16.3. The maximum atomic E-state index is 10.2. The van der Waals surface area contributed by atoms with Gasteiger partial charge in [0.1, 0.15) is 0 Å². The van der Waals surface area contributed by atoms with E-state index in [0.29, 0.717) is 28.6 Å². The molecule has 7 unspecified atom stereocenters. The van der Waals surface area contributed by atoms with Crippen molar-refractivity contribution >= 4 is 0 Å². The molecule has 4 aliphatic rings. The van der Waals surface area contributed by atoms with Crippen LogP contribution in [0.5, 0.6) is 0 Å². The van der Waals surface area contributed by atoms with E-state index in [1.54, 1.807) is 16.7 Å². The van der Waals surface area contributed by atoms with Crippen molar-refractivity contribution in [2.45, 2.75) is 99.0 Å². The van der Waals surface area contributed by atoms with E-state index in [1.807, 2.05) is 0 Å². The Morgan fingerprint density at radius 2 is 1.76 bits per heavy atom. The van der Waals surface area contributed by atoms with Gasteiger partial charge in [-0.2, -0.15) is 0 Å². The Hall–Kier alpha value is -0.820. The van der Waals surface area contributed by atoms with Crippen molar-refractivity contribution in [3.63, 3.8) is 0 Å². The maximum absolute atomic E-state index is 10.2. The van der Waals surface area contributed by atoms with Gasteiger partial charge in [-0.05, 0) is 103 Å². The highest BCUT2D eigenvalue weighted by Gasteiger charge is 2.52. The van der Waals surface area contributed by atoms with Crippen molar-refractivity contribution in [2.75, 3.05) is 0 Å². The van der Waals surface area contributed by atoms with Crippen LogP contribution in [0.2, 0.25) is 0 Å². The van der Waals surface area contributed by atoms with Gasteiger partial charge in [-0.3, -0.25) is 0 Å². The second-order valence-electron chi connectivity index (χ2n) is 11.8. The van der Waals surface area contributed by atoms with Gasteiger partial charge in [0.25, 0.3) is 0 Å². The standard InChI is InChI=1S/C28H44O/c1-18(2)19(3)7-8-20(4)24-11-12-25-23-10-9-21-17-22(29)13-15-27(21,5)26(23)14-16-28(24,25)6/h7-8,12,18-22,24,29H,9-11,13-17H2,1-6H3. The molecular weight excluding hydrogens is 352 g/mol. The third kappa shape index (κ3) is 3.50. The molecule has 0 aromatic carbocycles. The maximum Gasteiger partial charge on any atom is 0.0543 e. The van der Waals surface area contributed by atoms with Gasteiger partial charge in [0.05, 0.1) is 6.10 Å². The molecule has 0 saturated heterocycles. The highest BCUT2D eigenvalue weighted by Crippen LogP contribution is 2.64. The van der Waals surface area contributed by atoms with Crippen molar-refractivity contribution in [2.24, 2.45) is 40.4 Å². The first-order valence-electron chi connectivity index (χ1n) is 12.5. The zero-order valence-corrected chi connectivity index (χ0v) is 19.8. The zero-order valence-electron chi connectivity index (χ0n) is 19.8. The molecule has 29 heavy (non-hydrogen) atoms. The number of hydrogen-bond donors (Lipinski definition) is 1. The molecule has 1 heteroatoms.